The number of nitriles is 1. The van der Waals surface area contributed by atoms with E-state index >= 15 is 0 Å². The minimum Gasteiger partial charge on any atom is -0.380 e. The molecule has 0 saturated carbocycles. The first-order valence-corrected chi connectivity index (χ1v) is 5.67. The molecule has 0 aliphatic carbocycles. The van der Waals surface area contributed by atoms with Crippen LogP contribution in [0.3, 0.4) is 0 Å². The fourth-order valence-electron chi connectivity index (χ4n) is 1.52. The molecule has 1 N–H and O–H groups in total. The van der Waals surface area contributed by atoms with Crippen molar-refractivity contribution < 1.29 is 13.5 Å². The van der Waals surface area contributed by atoms with E-state index in [1.165, 1.54) is 12.1 Å². The molecule has 3 nitrogen and oxygen atoms in total. The minimum atomic E-state index is -1.13. The van der Waals surface area contributed by atoms with Gasteiger partial charge in [-0.25, -0.2) is 8.78 Å². The van der Waals surface area contributed by atoms with Crippen molar-refractivity contribution in [2.24, 2.45) is 0 Å². The van der Waals surface area contributed by atoms with E-state index in [9.17, 15) is 8.78 Å². The van der Waals surface area contributed by atoms with Gasteiger partial charge in [-0.3, -0.25) is 0 Å². The largest absolute Gasteiger partial charge is 0.380 e. The summed E-state index contributed by atoms with van der Waals surface area (Å²) in [4.78, 5) is 0. The summed E-state index contributed by atoms with van der Waals surface area (Å²) in [6.45, 7) is 6.44. The molecule has 1 aromatic rings. The van der Waals surface area contributed by atoms with Crippen LogP contribution in [0.25, 0.3) is 0 Å². The maximum absolute atomic E-state index is 13.6. The number of benzene rings is 1. The summed E-state index contributed by atoms with van der Waals surface area (Å²) in [5, 5.41) is 11.3. The van der Waals surface area contributed by atoms with E-state index in [4.69, 9.17) is 10.00 Å². The Kier molecular flexibility index (Phi) is 4.62. The summed E-state index contributed by atoms with van der Waals surface area (Å²) in [6, 6.07) is 4.18. The average Bonchev–Trinajstić information content (AvgIpc) is 2.31. The van der Waals surface area contributed by atoms with Gasteiger partial charge in [0.2, 0.25) is 0 Å². The summed E-state index contributed by atoms with van der Waals surface area (Å²) in [5.74, 6) is -2.17. The van der Waals surface area contributed by atoms with Crippen molar-refractivity contribution in [2.75, 3.05) is 18.5 Å². The third-order valence-corrected chi connectivity index (χ3v) is 2.44. The summed E-state index contributed by atoms with van der Waals surface area (Å²) < 4.78 is 32.4. The van der Waals surface area contributed by atoms with Crippen molar-refractivity contribution in [3.05, 3.63) is 29.3 Å². The highest BCUT2D eigenvalue weighted by atomic mass is 19.2. The third-order valence-electron chi connectivity index (χ3n) is 2.44. The number of rotatable bonds is 5. The lowest BCUT2D eigenvalue weighted by molar-refractivity contribution is 0.000653. The van der Waals surface area contributed by atoms with Crippen molar-refractivity contribution in [3.8, 4) is 6.07 Å². The van der Waals surface area contributed by atoms with Gasteiger partial charge >= 0.3 is 0 Å². The van der Waals surface area contributed by atoms with Crippen molar-refractivity contribution in [1.82, 2.24) is 0 Å². The lowest BCUT2D eigenvalue weighted by atomic mass is 10.1. The van der Waals surface area contributed by atoms with Gasteiger partial charge in [0.15, 0.2) is 11.6 Å². The molecule has 0 atom stereocenters. The van der Waals surface area contributed by atoms with Crippen LogP contribution >= 0.6 is 0 Å². The average molecular weight is 254 g/mol. The van der Waals surface area contributed by atoms with Gasteiger partial charge in [0.25, 0.3) is 0 Å². The van der Waals surface area contributed by atoms with Crippen LogP contribution in [0.4, 0.5) is 14.5 Å². The molecular weight excluding hydrogens is 238 g/mol. The van der Waals surface area contributed by atoms with Gasteiger partial charge in [0, 0.05) is 13.2 Å². The van der Waals surface area contributed by atoms with Gasteiger partial charge in [-0.05, 0) is 32.9 Å². The van der Waals surface area contributed by atoms with Crippen LogP contribution in [-0.4, -0.2) is 18.8 Å². The first kappa shape index (κ1) is 14.4. The number of ether oxygens (including phenoxy) is 1. The Morgan fingerprint density at radius 2 is 2.00 bits per heavy atom. The molecule has 0 saturated heterocycles. The second-order valence-electron chi connectivity index (χ2n) is 4.45. The standard InChI is InChI=1S/C13H16F2N2O/c1-4-18-13(2,3)8-17-10-6-5-9(7-16)11(14)12(10)15/h5-6,17H,4,8H2,1-3H3. The highest BCUT2D eigenvalue weighted by molar-refractivity contribution is 5.49. The molecule has 0 aliphatic heterocycles. The van der Waals surface area contributed by atoms with Gasteiger partial charge in [-0.1, -0.05) is 0 Å². The summed E-state index contributed by atoms with van der Waals surface area (Å²) in [5.41, 5.74) is -0.757. The molecule has 0 bridgehead atoms. The molecule has 18 heavy (non-hydrogen) atoms. The first-order valence-electron chi connectivity index (χ1n) is 5.67. The molecule has 0 unspecified atom stereocenters. The molecule has 0 heterocycles. The van der Waals surface area contributed by atoms with Gasteiger partial charge in [-0.2, -0.15) is 5.26 Å². The first-order chi connectivity index (χ1) is 8.41. The predicted octanol–water partition coefficient (Wildman–Crippen LogP) is 3.06. The molecule has 0 aliphatic rings. The Bertz CT molecular complexity index is 467. The van der Waals surface area contributed by atoms with E-state index < -0.39 is 17.2 Å². The van der Waals surface area contributed by atoms with Gasteiger partial charge in [0.05, 0.1) is 16.9 Å². The molecule has 0 amide bonds. The van der Waals surface area contributed by atoms with E-state index in [0.29, 0.717) is 13.2 Å². The van der Waals surface area contributed by atoms with Crippen molar-refractivity contribution >= 4 is 5.69 Å². The zero-order valence-corrected chi connectivity index (χ0v) is 10.7. The lowest BCUT2D eigenvalue weighted by Crippen LogP contribution is -2.33. The lowest BCUT2D eigenvalue weighted by Gasteiger charge is -2.25. The van der Waals surface area contributed by atoms with Crippen LogP contribution in [0.1, 0.15) is 26.3 Å². The zero-order valence-electron chi connectivity index (χ0n) is 10.7. The molecule has 98 valence electrons. The number of anilines is 1. The maximum Gasteiger partial charge on any atom is 0.183 e. The molecule has 5 heteroatoms. The third kappa shape index (κ3) is 3.41. The Morgan fingerprint density at radius 1 is 1.33 bits per heavy atom. The summed E-state index contributed by atoms with van der Waals surface area (Å²) in [7, 11) is 0. The smallest absolute Gasteiger partial charge is 0.183 e. The topological polar surface area (TPSA) is 45.0 Å². The van der Waals surface area contributed by atoms with E-state index in [1.807, 2.05) is 20.8 Å². The normalized spacial score (nSPS) is 11.1. The molecule has 0 aromatic heterocycles. The molecule has 0 fully saturated rings. The Balaban J connectivity index is 2.81. The van der Waals surface area contributed by atoms with E-state index in [-0.39, 0.29) is 11.3 Å². The zero-order chi connectivity index (χ0) is 13.8. The number of nitrogens with one attached hydrogen (secondary N) is 1. The molecule has 0 spiro atoms. The molecular formula is C13H16F2N2O. The number of nitrogens with zero attached hydrogens (tertiary/aromatic N) is 1. The van der Waals surface area contributed by atoms with Gasteiger partial charge < -0.3 is 10.1 Å². The second kappa shape index (κ2) is 5.78. The van der Waals surface area contributed by atoms with Crippen molar-refractivity contribution in [2.45, 2.75) is 26.4 Å². The summed E-state index contributed by atoms with van der Waals surface area (Å²) in [6.07, 6.45) is 0. The van der Waals surface area contributed by atoms with Crippen LogP contribution < -0.4 is 5.32 Å². The Labute approximate surface area is 105 Å². The van der Waals surface area contributed by atoms with Crippen LogP contribution in [0.2, 0.25) is 0 Å². The van der Waals surface area contributed by atoms with Crippen LogP contribution in [0.15, 0.2) is 12.1 Å². The Hall–Kier alpha value is -1.67. The van der Waals surface area contributed by atoms with Crippen LogP contribution in [0.5, 0.6) is 0 Å². The number of halogens is 2. The highest BCUT2D eigenvalue weighted by Gasteiger charge is 2.19. The monoisotopic (exact) mass is 254 g/mol. The second-order valence-corrected chi connectivity index (χ2v) is 4.45. The van der Waals surface area contributed by atoms with Crippen molar-refractivity contribution in [1.29, 1.82) is 5.26 Å². The van der Waals surface area contributed by atoms with E-state index in [2.05, 4.69) is 5.32 Å². The number of hydrogen-bond donors (Lipinski definition) is 1. The highest BCUT2D eigenvalue weighted by Crippen LogP contribution is 2.21. The minimum absolute atomic E-state index is 0.0271. The van der Waals surface area contributed by atoms with Crippen LogP contribution in [0, 0.1) is 23.0 Å². The predicted molar refractivity (Wildman–Crippen MR) is 65.3 cm³/mol. The fraction of sp³-hybridized carbons (Fsp3) is 0.462. The Morgan fingerprint density at radius 3 is 2.56 bits per heavy atom. The van der Waals surface area contributed by atoms with Crippen molar-refractivity contribution in [3.63, 3.8) is 0 Å². The SMILES string of the molecule is CCOC(C)(C)CNc1ccc(C#N)c(F)c1F. The number of hydrogen-bond acceptors (Lipinski definition) is 3. The van der Waals surface area contributed by atoms with Gasteiger partial charge in [0.1, 0.15) is 6.07 Å². The van der Waals surface area contributed by atoms with Crippen LogP contribution in [-0.2, 0) is 4.74 Å². The molecule has 1 aromatic carbocycles. The van der Waals surface area contributed by atoms with E-state index in [0.717, 1.165) is 0 Å². The molecule has 0 radical (unpaired) electrons. The fourth-order valence-corrected chi connectivity index (χ4v) is 1.52. The summed E-state index contributed by atoms with van der Waals surface area (Å²) >= 11 is 0. The van der Waals surface area contributed by atoms with E-state index in [1.54, 1.807) is 6.07 Å². The van der Waals surface area contributed by atoms with Gasteiger partial charge in [-0.15, -0.1) is 0 Å². The molecule has 1 rings (SSSR count). The maximum atomic E-state index is 13.6. The quantitative estimate of drug-likeness (QED) is 0.878.